The van der Waals surface area contributed by atoms with Gasteiger partial charge in [0.1, 0.15) is 0 Å². The van der Waals surface area contributed by atoms with Crippen molar-refractivity contribution in [2.45, 2.75) is 18.2 Å². The van der Waals surface area contributed by atoms with Crippen LogP contribution in [0.1, 0.15) is 28.6 Å². The SMILES string of the molecule is O=C(O)C1=CC=CCC1(NC1OC(=O)c2ccccc21)C(=O)O. The van der Waals surface area contributed by atoms with Crippen LogP contribution in [0.25, 0.3) is 0 Å². The molecule has 0 spiro atoms. The van der Waals surface area contributed by atoms with Crippen LogP contribution in [0.5, 0.6) is 0 Å². The quantitative estimate of drug-likeness (QED) is 0.716. The molecule has 1 aliphatic heterocycles. The molecule has 0 radical (unpaired) electrons. The number of cyclic esters (lactones) is 1. The summed E-state index contributed by atoms with van der Waals surface area (Å²) in [4.78, 5) is 35.1. The Balaban J connectivity index is 2.01. The van der Waals surface area contributed by atoms with Gasteiger partial charge in [-0.05, 0) is 18.6 Å². The highest BCUT2D eigenvalue weighted by atomic mass is 16.6. The molecule has 118 valence electrons. The van der Waals surface area contributed by atoms with Gasteiger partial charge in [-0.15, -0.1) is 0 Å². The van der Waals surface area contributed by atoms with Crippen LogP contribution in [0.15, 0.2) is 48.1 Å². The van der Waals surface area contributed by atoms with E-state index in [-0.39, 0.29) is 12.0 Å². The van der Waals surface area contributed by atoms with Gasteiger partial charge in [0.25, 0.3) is 0 Å². The van der Waals surface area contributed by atoms with E-state index >= 15 is 0 Å². The van der Waals surface area contributed by atoms with Crippen LogP contribution in [-0.2, 0) is 14.3 Å². The van der Waals surface area contributed by atoms with Crippen molar-refractivity contribution in [3.63, 3.8) is 0 Å². The predicted octanol–water partition coefficient (Wildman–Crippen LogP) is 1.24. The number of aliphatic carboxylic acids is 2. The van der Waals surface area contributed by atoms with Gasteiger partial charge < -0.3 is 14.9 Å². The summed E-state index contributed by atoms with van der Waals surface area (Å²) < 4.78 is 5.18. The number of rotatable bonds is 4. The number of fused-ring (bicyclic) bond motifs is 1. The van der Waals surface area contributed by atoms with Gasteiger partial charge in [0, 0.05) is 5.56 Å². The number of hydrogen-bond donors (Lipinski definition) is 3. The summed E-state index contributed by atoms with van der Waals surface area (Å²) in [6.07, 6.45) is 3.17. The molecular weight excluding hydrogens is 302 g/mol. The molecule has 3 N–H and O–H groups in total. The average molecular weight is 315 g/mol. The summed E-state index contributed by atoms with van der Waals surface area (Å²) in [5.74, 6) is -3.27. The van der Waals surface area contributed by atoms with Crippen molar-refractivity contribution in [1.29, 1.82) is 0 Å². The number of carboxylic acid groups (broad SMARTS) is 2. The second-order valence-corrected chi connectivity index (χ2v) is 5.25. The Labute approximate surface area is 130 Å². The number of carbonyl (C=O) groups is 3. The fraction of sp³-hybridized carbons (Fsp3) is 0.188. The monoisotopic (exact) mass is 315 g/mol. The molecule has 7 nitrogen and oxygen atoms in total. The van der Waals surface area contributed by atoms with Crippen molar-refractivity contribution in [1.82, 2.24) is 5.32 Å². The van der Waals surface area contributed by atoms with Crippen LogP contribution in [0, 0.1) is 0 Å². The van der Waals surface area contributed by atoms with Crippen LogP contribution in [0.3, 0.4) is 0 Å². The summed E-state index contributed by atoms with van der Waals surface area (Å²) in [5.41, 5.74) is -1.37. The standard InChI is InChI=1S/C16H13NO6/c18-13(19)11-7-3-4-8-16(11,15(21)22)17-12-9-5-1-2-6-10(9)14(20)23-12/h1-7,12,17H,8H2,(H,18,19)(H,21,22). The number of nitrogens with one attached hydrogen (secondary N) is 1. The number of carboxylic acids is 2. The van der Waals surface area contributed by atoms with Gasteiger partial charge in [-0.25, -0.2) is 14.4 Å². The Bertz CT molecular complexity index is 766. The topological polar surface area (TPSA) is 113 Å². The number of esters is 1. The van der Waals surface area contributed by atoms with Crippen molar-refractivity contribution in [3.8, 4) is 0 Å². The largest absolute Gasteiger partial charge is 0.480 e. The van der Waals surface area contributed by atoms with Crippen LogP contribution in [0.2, 0.25) is 0 Å². The molecule has 0 aromatic heterocycles. The van der Waals surface area contributed by atoms with Crippen LogP contribution in [-0.4, -0.2) is 33.7 Å². The highest BCUT2D eigenvalue weighted by Crippen LogP contribution is 2.34. The van der Waals surface area contributed by atoms with Gasteiger partial charge in [0.05, 0.1) is 11.1 Å². The van der Waals surface area contributed by atoms with Gasteiger partial charge in [-0.1, -0.05) is 30.4 Å². The minimum Gasteiger partial charge on any atom is -0.480 e. The first-order valence-electron chi connectivity index (χ1n) is 6.87. The van der Waals surface area contributed by atoms with Crippen LogP contribution >= 0.6 is 0 Å². The minimum absolute atomic E-state index is 0.0727. The van der Waals surface area contributed by atoms with E-state index in [2.05, 4.69) is 5.32 Å². The zero-order valence-electron chi connectivity index (χ0n) is 11.9. The van der Waals surface area contributed by atoms with E-state index in [9.17, 15) is 24.6 Å². The number of ether oxygens (including phenoxy) is 1. The fourth-order valence-electron chi connectivity index (χ4n) is 2.79. The van der Waals surface area contributed by atoms with Gasteiger partial charge in [-0.2, -0.15) is 0 Å². The fourth-order valence-corrected chi connectivity index (χ4v) is 2.79. The van der Waals surface area contributed by atoms with E-state index in [0.29, 0.717) is 11.1 Å². The number of allylic oxidation sites excluding steroid dienone is 2. The van der Waals surface area contributed by atoms with Gasteiger partial charge in [0.15, 0.2) is 11.8 Å². The molecule has 1 aromatic carbocycles. The lowest BCUT2D eigenvalue weighted by atomic mass is 9.82. The van der Waals surface area contributed by atoms with E-state index in [1.54, 1.807) is 30.3 Å². The van der Waals surface area contributed by atoms with Crippen molar-refractivity contribution >= 4 is 17.9 Å². The maximum Gasteiger partial charge on any atom is 0.340 e. The lowest BCUT2D eigenvalue weighted by Gasteiger charge is -2.34. The molecule has 23 heavy (non-hydrogen) atoms. The summed E-state index contributed by atoms with van der Waals surface area (Å²) in [5, 5.41) is 21.7. The summed E-state index contributed by atoms with van der Waals surface area (Å²) in [6, 6.07) is 6.57. The minimum atomic E-state index is -1.87. The predicted molar refractivity (Wildman–Crippen MR) is 77.6 cm³/mol. The lowest BCUT2D eigenvalue weighted by molar-refractivity contribution is -0.148. The summed E-state index contributed by atoms with van der Waals surface area (Å²) >= 11 is 0. The summed E-state index contributed by atoms with van der Waals surface area (Å²) in [7, 11) is 0. The third-order valence-corrected chi connectivity index (χ3v) is 3.94. The maximum atomic E-state index is 11.9. The first-order chi connectivity index (χ1) is 11.0. The molecule has 1 aromatic rings. The Kier molecular flexibility index (Phi) is 3.49. The van der Waals surface area contributed by atoms with Crippen molar-refractivity contribution in [3.05, 3.63) is 59.2 Å². The summed E-state index contributed by atoms with van der Waals surface area (Å²) in [6.45, 7) is 0. The molecular formula is C16H13NO6. The zero-order chi connectivity index (χ0) is 16.6. The lowest BCUT2D eigenvalue weighted by Crippen LogP contribution is -2.56. The van der Waals surface area contributed by atoms with Gasteiger partial charge in [-0.3, -0.25) is 5.32 Å². The van der Waals surface area contributed by atoms with Crippen molar-refractivity contribution in [2.75, 3.05) is 0 Å². The second kappa shape index (κ2) is 5.36. The zero-order valence-corrected chi connectivity index (χ0v) is 11.9. The van der Waals surface area contributed by atoms with Crippen LogP contribution < -0.4 is 5.32 Å². The molecule has 1 aliphatic carbocycles. The average Bonchev–Trinajstić information content (AvgIpc) is 2.84. The van der Waals surface area contributed by atoms with E-state index < -0.39 is 29.7 Å². The molecule has 0 saturated heterocycles. The van der Waals surface area contributed by atoms with E-state index in [4.69, 9.17) is 4.74 Å². The van der Waals surface area contributed by atoms with Crippen molar-refractivity contribution in [2.24, 2.45) is 0 Å². The smallest absolute Gasteiger partial charge is 0.340 e. The number of hydrogen-bond acceptors (Lipinski definition) is 5. The normalized spacial score (nSPS) is 25.5. The first kappa shape index (κ1) is 15.0. The van der Waals surface area contributed by atoms with Crippen LogP contribution in [0.4, 0.5) is 0 Å². The molecule has 0 amide bonds. The third kappa shape index (κ3) is 2.31. The maximum absolute atomic E-state index is 11.9. The number of benzene rings is 1. The molecule has 1 heterocycles. The number of carbonyl (C=O) groups excluding carboxylic acids is 1. The third-order valence-electron chi connectivity index (χ3n) is 3.94. The molecule has 0 saturated carbocycles. The molecule has 0 fully saturated rings. The molecule has 2 unspecified atom stereocenters. The highest BCUT2D eigenvalue weighted by molar-refractivity contribution is 6.00. The van der Waals surface area contributed by atoms with E-state index in [1.807, 2.05) is 0 Å². The Morgan fingerprint density at radius 2 is 2.00 bits per heavy atom. The van der Waals surface area contributed by atoms with E-state index in [1.165, 1.54) is 12.2 Å². The molecule has 2 atom stereocenters. The molecule has 3 rings (SSSR count). The van der Waals surface area contributed by atoms with Gasteiger partial charge in [0.2, 0.25) is 0 Å². The second-order valence-electron chi connectivity index (χ2n) is 5.25. The Hall–Kier alpha value is -2.93. The van der Waals surface area contributed by atoms with Gasteiger partial charge >= 0.3 is 17.9 Å². The first-order valence-corrected chi connectivity index (χ1v) is 6.87. The Morgan fingerprint density at radius 1 is 1.26 bits per heavy atom. The molecule has 7 heteroatoms. The molecule has 2 aliphatic rings. The molecule has 0 bridgehead atoms. The highest BCUT2D eigenvalue weighted by Gasteiger charge is 2.49. The Morgan fingerprint density at radius 3 is 2.70 bits per heavy atom. The van der Waals surface area contributed by atoms with Crippen molar-refractivity contribution < 1.29 is 29.3 Å². The van der Waals surface area contributed by atoms with E-state index in [0.717, 1.165) is 0 Å².